The second-order valence-corrected chi connectivity index (χ2v) is 6.24. The van der Waals surface area contributed by atoms with Gasteiger partial charge in [-0.3, -0.25) is 0 Å². The van der Waals surface area contributed by atoms with Gasteiger partial charge in [0.15, 0.2) is 0 Å². The summed E-state index contributed by atoms with van der Waals surface area (Å²) in [5.41, 5.74) is 4.59. The largest absolute Gasteiger partial charge is 0.464 e. The summed E-state index contributed by atoms with van der Waals surface area (Å²) in [4.78, 5) is 11.5. The minimum atomic E-state index is -0.893. The number of hydrogen-bond donors (Lipinski definition) is 1. The Labute approximate surface area is 114 Å². The quantitative estimate of drug-likeness (QED) is 0.844. The van der Waals surface area contributed by atoms with Crippen molar-refractivity contribution < 1.29 is 9.90 Å². The first kappa shape index (κ1) is 13.9. The van der Waals surface area contributed by atoms with Crippen molar-refractivity contribution in [2.24, 2.45) is 0 Å². The minimum absolute atomic E-state index is 0.435. The molecule has 1 aromatic carbocycles. The standard InChI is InChI=1S/C15H22N2O2/c1-10-6-7-11(2)13-9-16(8-12(10)13)17(14(18)19)15(3,4)5/h6-7H,8-9H2,1-5H3,(H,18,19). The molecule has 0 aromatic heterocycles. The molecule has 1 aliphatic rings. The van der Waals surface area contributed by atoms with E-state index in [-0.39, 0.29) is 0 Å². The number of hydrogen-bond acceptors (Lipinski definition) is 2. The highest BCUT2D eigenvalue weighted by atomic mass is 16.4. The fourth-order valence-electron chi connectivity index (χ4n) is 2.76. The summed E-state index contributed by atoms with van der Waals surface area (Å²) < 4.78 is 0. The van der Waals surface area contributed by atoms with Crippen LogP contribution in [0.2, 0.25) is 0 Å². The van der Waals surface area contributed by atoms with Crippen LogP contribution in [-0.4, -0.2) is 26.8 Å². The molecule has 0 spiro atoms. The Morgan fingerprint density at radius 1 is 1.16 bits per heavy atom. The maximum absolute atomic E-state index is 11.5. The molecular formula is C15H22N2O2. The zero-order valence-corrected chi connectivity index (χ0v) is 12.3. The van der Waals surface area contributed by atoms with Crippen molar-refractivity contribution in [3.63, 3.8) is 0 Å². The Bertz CT molecular complexity index is 487. The topological polar surface area (TPSA) is 43.8 Å². The van der Waals surface area contributed by atoms with Crippen LogP contribution >= 0.6 is 0 Å². The molecule has 2 rings (SSSR count). The van der Waals surface area contributed by atoms with E-state index in [0.717, 1.165) is 0 Å². The van der Waals surface area contributed by atoms with Gasteiger partial charge in [0.2, 0.25) is 0 Å². The average molecular weight is 262 g/mol. The molecule has 104 valence electrons. The van der Waals surface area contributed by atoms with Gasteiger partial charge in [-0.25, -0.2) is 14.8 Å². The van der Waals surface area contributed by atoms with Crippen molar-refractivity contribution in [2.45, 2.75) is 53.2 Å². The lowest BCUT2D eigenvalue weighted by molar-refractivity contribution is -0.0704. The van der Waals surface area contributed by atoms with Crippen LogP contribution in [0.4, 0.5) is 4.79 Å². The fraction of sp³-hybridized carbons (Fsp3) is 0.533. The zero-order valence-electron chi connectivity index (χ0n) is 12.3. The van der Waals surface area contributed by atoms with Crippen LogP contribution in [0.1, 0.15) is 43.0 Å². The predicted octanol–water partition coefficient (Wildman–Crippen LogP) is 3.31. The Morgan fingerprint density at radius 3 is 1.89 bits per heavy atom. The Kier molecular flexibility index (Phi) is 3.31. The number of nitrogens with zero attached hydrogens (tertiary/aromatic N) is 2. The third-order valence-electron chi connectivity index (χ3n) is 3.68. The fourth-order valence-corrected chi connectivity index (χ4v) is 2.76. The molecule has 0 saturated heterocycles. The Balaban J connectivity index is 2.35. The monoisotopic (exact) mass is 262 g/mol. The van der Waals surface area contributed by atoms with Crippen LogP contribution in [0.15, 0.2) is 12.1 Å². The highest BCUT2D eigenvalue weighted by Gasteiger charge is 2.36. The number of hydrazine groups is 1. The molecule has 1 heterocycles. The van der Waals surface area contributed by atoms with Gasteiger partial charge in [-0.05, 0) is 56.9 Å². The van der Waals surface area contributed by atoms with Gasteiger partial charge in [0.25, 0.3) is 0 Å². The molecule has 0 bridgehead atoms. The number of carboxylic acid groups (broad SMARTS) is 1. The van der Waals surface area contributed by atoms with Gasteiger partial charge in [-0.2, -0.15) is 0 Å². The normalized spacial score (nSPS) is 15.4. The van der Waals surface area contributed by atoms with E-state index in [0.29, 0.717) is 13.1 Å². The summed E-state index contributed by atoms with van der Waals surface area (Å²) in [6, 6.07) is 4.22. The summed E-state index contributed by atoms with van der Waals surface area (Å²) in [6.45, 7) is 11.3. The van der Waals surface area contributed by atoms with Gasteiger partial charge in [0.05, 0.1) is 5.54 Å². The van der Waals surface area contributed by atoms with Crippen molar-refractivity contribution in [1.82, 2.24) is 10.0 Å². The van der Waals surface area contributed by atoms with Gasteiger partial charge in [0, 0.05) is 13.1 Å². The second-order valence-electron chi connectivity index (χ2n) is 6.24. The third kappa shape index (κ3) is 2.45. The van der Waals surface area contributed by atoms with Crippen LogP contribution in [0.3, 0.4) is 0 Å². The maximum atomic E-state index is 11.5. The van der Waals surface area contributed by atoms with E-state index in [1.165, 1.54) is 27.3 Å². The molecule has 0 saturated carbocycles. The lowest BCUT2D eigenvalue weighted by atomic mass is 10.0. The highest BCUT2D eigenvalue weighted by Crippen LogP contribution is 2.32. The van der Waals surface area contributed by atoms with Crippen molar-refractivity contribution in [3.8, 4) is 0 Å². The van der Waals surface area contributed by atoms with E-state index in [2.05, 4.69) is 26.0 Å². The molecule has 0 fully saturated rings. The number of amides is 1. The first-order valence-corrected chi connectivity index (χ1v) is 6.58. The molecule has 1 amide bonds. The predicted molar refractivity (Wildman–Crippen MR) is 74.8 cm³/mol. The first-order chi connectivity index (χ1) is 8.71. The molecule has 1 N–H and O–H groups in total. The summed E-state index contributed by atoms with van der Waals surface area (Å²) in [6.07, 6.45) is -0.893. The molecule has 19 heavy (non-hydrogen) atoms. The molecule has 1 aliphatic heterocycles. The Hall–Kier alpha value is -1.55. The lowest BCUT2D eigenvalue weighted by Gasteiger charge is -2.39. The van der Waals surface area contributed by atoms with Gasteiger partial charge in [-0.15, -0.1) is 0 Å². The molecule has 0 unspecified atom stereocenters. The molecule has 1 aromatic rings. The van der Waals surface area contributed by atoms with Crippen molar-refractivity contribution in [3.05, 3.63) is 34.4 Å². The SMILES string of the molecule is Cc1ccc(C)c2c1CN(N(C(=O)O)C(C)(C)C)C2. The molecule has 0 radical (unpaired) electrons. The van der Waals surface area contributed by atoms with Crippen LogP contribution in [0.5, 0.6) is 0 Å². The van der Waals surface area contributed by atoms with Crippen LogP contribution in [0, 0.1) is 13.8 Å². The second kappa shape index (κ2) is 4.53. The van der Waals surface area contributed by atoms with E-state index in [1.807, 2.05) is 25.8 Å². The van der Waals surface area contributed by atoms with Crippen molar-refractivity contribution >= 4 is 6.09 Å². The molecule has 0 aliphatic carbocycles. The van der Waals surface area contributed by atoms with Gasteiger partial charge in [0.1, 0.15) is 0 Å². The van der Waals surface area contributed by atoms with E-state index >= 15 is 0 Å². The number of fused-ring (bicyclic) bond motifs is 1. The number of benzene rings is 1. The maximum Gasteiger partial charge on any atom is 0.422 e. The van der Waals surface area contributed by atoms with Crippen LogP contribution < -0.4 is 0 Å². The third-order valence-corrected chi connectivity index (χ3v) is 3.68. The van der Waals surface area contributed by atoms with E-state index < -0.39 is 11.6 Å². The van der Waals surface area contributed by atoms with E-state index in [1.54, 1.807) is 0 Å². The van der Waals surface area contributed by atoms with Crippen molar-refractivity contribution in [1.29, 1.82) is 0 Å². The summed E-state index contributed by atoms with van der Waals surface area (Å²) in [5.74, 6) is 0. The molecular weight excluding hydrogens is 240 g/mol. The number of aryl methyl sites for hydroxylation is 2. The number of carbonyl (C=O) groups is 1. The summed E-state index contributed by atoms with van der Waals surface area (Å²) >= 11 is 0. The lowest BCUT2D eigenvalue weighted by Crippen LogP contribution is -2.53. The van der Waals surface area contributed by atoms with Gasteiger partial charge < -0.3 is 5.11 Å². The molecule has 4 heteroatoms. The molecule has 0 atom stereocenters. The van der Waals surface area contributed by atoms with Gasteiger partial charge >= 0.3 is 6.09 Å². The summed E-state index contributed by atoms with van der Waals surface area (Å²) in [5, 5.41) is 12.8. The first-order valence-electron chi connectivity index (χ1n) is 6.58. The number of rotatable bonds is 1. The van der Waals surface area contributed by atoms with Crippen molar-refractivity contribution in [2.75, 3.05) is 0 Å². The van der Waals surface area contributed by atoms with Crippen LogP contribution in [0.25, 0.3) is 0 Å². The average Bonchev–Trinajstić information content (AvgIpc) is 2.66. The van der Waals surface area contributed by atoms with E-state index in [4.69, 9.17) is 0 Å². The Morgan fingerprint density at radius 2 is 1.58 bits per heavy atom. The smallest absolute Gasteiger partial charge is 0.422 e. The zero-order chi connectivity index (χ0) is 14.4. The van der Waals surface area contributed by atoms with Crippen LogP contribution in [-0.2, 0) is 13.1 Å². The summed E-state index contributed by atoms with van der Waals surface area (Å²) in [7, 11) is 0. The molecule has 4 nitrogen and oxygen atoms in total. The minimum Gasteiger partial charge on any atom is -0.464 e. The van der Waals surface area contributed by atoms with Gasteiger partial charge in [-0.1, -0.05) is 12.1 Å². The highest BCUT2D eigenvalue weighted by molar-refractivity contribution is 5.65. The van der Waals surface area contributed by atoms with E-state index in [9.17, 15) is 9.90 Å².